The largest absolute Gasteiger partial charge is 0.462 e. The highest BCUT2D eigenvalue weighted by molar-refractivity contribution is 5.72. The van der Waals surface area contributed by atoms with E-state index in [0.717, 1.165) is 25.7 Å². The zero-order valence-electron chi connectivity index (χ0n) is 11.9. The topological polar surface area (TPSA) is 46.5 Å². The summed E-state index contributed by atoms with van der Waals surface area (Å²) in [7, 11) is 0. The summed E-state index contributed by atoms with van der Waals surface area (Å²) >= 11 is 0. The third-order valence-electron chi connectivity index (χ3n) is 3.88. The lowest BCUT2D eigenvalue weighted by Gasteiger charge is -2.21. The van der Waals surface area contributed by atoms with Crippen molar-refractivity contribution in [2.75, 3.05) is 0 Å². The molecule has 1 aliphatic rings. The van der Waals surface area contributed by atoms with Crippen LogP contribution in [0.15, 0.2) is 0 Å². The predicted octanol–water partition coefficient (Wildman–Crippen LogP) is 3.44. The molecule has 0 bridgehead atoms. The highest BCUT2D eigenvalue weighted by Gasteiger charge is 2.24. The smallest absolute Gasteiger partial charge is 0.311 e. The van der Waals surface area contributed by atoms with Crippen LogP contribution in [0.3, 0.4) is 0 Å². The van der Waals surface area contributed by atoms with Gasteiger partial charge in [-0.3, -0.25) is 4.79 Å². The van der Waals surface area contributed by atoms with Gasteiger partial charge in [-0.2, -0.15) is 0 Å². The van der Waals surface area contributed by atoms with Crippen molar-refractivity contribution in [3.8, 4) is 0 Å². The molecule has 3 heteroatoms. The highest BCUT2D eigenvalue weighted by atomic mass is 16.5. The highest BCUT2D eigenvalue weighted by Crippen LogP contribution is 2.18. The molecule has 0 amide bonds. The molecule has 1 saturated heterocycles. The van der Waals surface area contributed by atoms with Gasteiger partial charge in [0.05, 0.1) is 18.1 Å². The van der Waals surface area contributed by atoms with Crippen LogP contribution in [0.25, 0.3) is 0 Å². The summed E-state index contributed by atoms with van der Waals surface area (Å²) in [5.74, 6) is -0.637. The van der Waals surface area contributed by atoms with E-state index in [1.165, 1.54) is 25.7 Å². The average molecular weight is 256 g/mol. The van der Waals surface area contributed by atoms with Crippen LogP contribution in [-0.2, 0) is 9.53 Å². The van der Waals surface area contributed by atoms with Crippen molar-refractivity contribution in [2.24, 2.45) is 5.92 Å². The Morgan fingerprint density at radius 1 is 0.944 bits per heavy atom. The fraction of sp³-hybridized carbons (Fsp3) is 0.933. The second-order valence-corrected chi connectivity index (χ2v) is 5.66. The van der Waals surface area contributed by atoms with E-state index in [-0.39, 0.29) is 12.1 Å². The van der Waals surface area contributed by atoms with Crippen molar-refractivity contribution in [2.45, 2.75) is 83.8 Å². The van der Waals surface area contributed by atoms with E-state index in [2.05, 4.69) is 0 Å². The Morgan fingerprint density at radius 2 is 1.44 bits per heavy atom. The molecule has 0 aliphatic carbocycles. The lowest BCUT2D eigenvalue weighted by molar-refractivity contribution is -0.156. The first-order valence-electron chi connectivity index (χ1n) is 7.50. The molecule has 0 aromatic heterocycles. The van der Waals surface area contributed by atoms with Crippen LogP contribution in [0.4, 0.5) is 0 Å². The lowest BCUT2D eigenvalue weighted by atomic mass is 9.97. The number of aliphatic hydroxyl groups is 1. The first kappa shape index (κ1) is 15.5. The summed E-state index contributed by atoms with van der Waals surface area (Å²) in [5, 5.41) is 9.94. The quantitative estimate of drug-likeness (QED) is 0.675. The van der Waals surface area contributed by atoms with Crippen molar-refractivity contribution in [1.29, 1.82) is 0 Å². The Labute approximate surface area is 111 Å². The minimum atomic E-state index is -0.548. The summed E-state index contributed by atoms with van der Waals surface area (Å²) in [5.41, 5.74) is 0. The normalized spacial score (nSPS) is 33.5. The minimum Gasteiger partial charge on any atom is -0.462 e. The Hall–Kier alpha value is -0.570. The number of ether oxygens (including phenoxy) is 1. The third kappa shape index (κ3) is 5.85. The molecule has 3 atom stereocenters. The molecule has 1 aliphatic heterocycles. The number of rotatable bonds is 0. The second kappa shape index (κ2) is 8.52. The summed E-state index contributed by atoms with van der Waals surface area (Å²) < 4.78 is 5.38. The van der Waals surface area contributed by atoms with E-state index in [1.807, 2.05) is 6.92 Å². The summed E-state index contributed by atoms with van der Waals surface area (Å²) in [6.07, 6.45) is 9.44. The second-order valence-electron chi connectivity index (χ2n) is 5.66. The molecule has 1 fully saturated rings. The van der Waals surface area contributed by atoms with Crippen LogP contribution in [-0.4, -0.2) is 23.3 Å². The number of esters is 1. The van der Waals surface area contributed by atoms with Crippen molar-refractivity contribution >= 4 is 5.97 Å². The molecule has 1 rings (SSSR count). The lowest BCUT2D eigenvalue weighted by Crippen LogP contribution is -2.29. The van der Waals surface area contributed by atoms with Crippen LogP contribution in [0, 0.1) is 5.92 Å². The van der Waals surface area contributed by atoms with Gasteiger partial charge in [0.25, 0.3) is 0 Å². The fourth-order valence-corrected chi connectivity index (χ4v) is 2.44. The molecular weight excluding hydrogens is 228 g/mol. The number of hydrogen-bond donors (Lipinski definition) is 1. The van der Waals surface area contributed by atoms with E-state index in [0.29, 0.717) is 6.42 Å². The maximum absolute atomic E-state index is 11.8. The van der Waals surface area contributed by atoms with Gasteiger partial charge >= 0.3 is 5.97 Å². The Balaban J connectivity index is 2.46. The maximum atomic E-state index is 11.8. The van der Waals surface area contributed by atoms with Gasteiger partial charge in [-0.05, 0) is 33.1 Å². The Bertz CT molecular complexity index is 240. The van der Waals surface area contributed by atoms with Gasteiger partial charge in [-0.1, -0.05) is 38.5 Å². The van der Waals surface area contributed by atoms with E-state index >= 15 is 0 Å². The van der Waals surface area contributed by atoms with Crippen molar-refractivity contribution in [3.63, 3.8) is 0 Å². The average Bonchev–Trinajstić information content (AvgIpc) is 2.34. The van der Waals surface area contributed by atoms with E-state index < -0.39 is 12.0 Å². The van der Waals surface area contributed by atoms with Gasteiger partial charge in [0, 0.05) is 0 Å². The summed E-state index contributed by atoms with van der Waals surface area (Å²) in [6.45, 7) is 3.72. The van der Waals surface area contributed by atoms with Gasteiger partial charge in [-0.15, -0.1) is 0 Å². The van der Waals surface area contributed by atoms with Gasteiger partial charge in [0.2, 0.25) is 0 Å². The van der Waals surface area contributed by atoms with E-state index in [9.17, 15) is 9.90 Å². The molecule has 0 saturated carbocycles. The molecular formula is C15H28O3. The van der Waals surface area contributed by atoms with Crippen molar-refractivity contribution < 1.29 is 14.6 Å². The number of aliphatic hydroxyl groups excluding tert-OH is 1. The predicted molar refractivity (Wildman–Crippen MR) is 72.3 cm³/mol. The van der Waals surface area contributed by atoms with Crippen molar-refractivity contribution in [3.05, 3.63) is 0 Å². The molecule has 0 aromatic carbocycles. The van der Waals surface area contributed by atoms with Gasteiger partial charge in [0.1, 0.15) is 0 Å². The molecule has 1 heterocycles. The van der Waals surface area contributed by atoms with Gasteiger partial charge < -0.3 is 9.84 Å². The maximum Gasteiger partial charge on any atom is 0.311 e. The molecule has 18 heavy (non-hydrogen) atoms. The number of carbonyl (C=O) groups excluding carboxylic acids is 1. The zero-order valence-corrected chi connectivity index (χ0v) is 11.9. The third-order valence-corrected chi connectivity index (χ3v) is 3.88. The van der Waals surface area contributed by atoms with E-state index in [1.54, 1.807) is 6.92 Å². The number of hydrogen-bond acceptors (Lipinski definition) is 3. The van der Waals surface area contributed by atoms with E-state index in [4.69, 9.17) is 4.74 Å². The molecule has 106 valence electrons. The molecule has 1 N–H and O–H groups in total. The first-order valence-corrected chi connectivity index (χ1v) is 7.50. The van der Waals surface area contributed by atoms with Crippen LogP contribution in [0.5, 0.6) is 0 Å². The number of carbonyl (C=O) groups is 1. The first-order chi connectivity index (χ1) is 8.61. The fourth-order valence-electron chi connectivity index (χ4n) is 2.44. The van der Waals surface area contributed by atoms with Gasteiger partial charge in [-0.25, -0.2) is 0 Å². The van der Waals surface area contributed by atoms with Crippen LogP contribution < -0.4 is 0 Å². The SMILES string of the molecule is C[C@@H]1C(=O)O[C@@H](C)CCCCCCCCC[C@@H]1O. The van der Waals surface area contributed by atoms with Crippen LogP contribution in [0.1, 0.15) is 71.6 Å². The monoisotopic (exact) mass is 256 g/mol. The molecule has 0 radical (unpaired) electrons. The molecule has 0 unspecified atom stereocenters. The standard InChI is InChI=1S/C15H28O3/c1-12-10-8-6-4-3-5-7-9-11-14(16)13(2)15(17)18-12/h12-14,16H,3-11H2,1-2H3/t12-,13-,14-/m0/s1. The molecule has 0 spiro atoms. The van der Waals surface area contributed by atoms with Gasteiger partial charge in [0.15, 0.2) is 0 Å². The summed E-state index contributed by atoms with van der Waals surface area (Å²) in [4.78, 5) is 11.8. The number of cyclic esters (lactones) is 1. The zero-order chi connectivity index (χ0) is 13.4. The van der Waals surface area contributed by atoms with Crippen LogP contribution >= 0.6 is 0 Å². The van der Waals surface area contributed by atoms with Crippen LogP contribution in [0.2, 0.25) is 0 Å². The Morgan fingerprint density at radius 3 is 2.06 bits per heavy atom. The molecule has 0 aromatic rings. The van der Waals surface area contributed by atoms with Crippen molar-refractivity contribution in [1.82, 2.24) is 0 Å². The Kier molecular flexibility index (Phi) is 7.33. The molecule has 3 nitrogen and oxygen atoms in total. The summed E-state index contributed by atoms with van der Waals surface area (Å²) in [6, 6.07) is 0. The minimum absolute atomic E-state index is 0.0184.